The van der Waals surface area contributed by atoms with E-state index in [9.17, 15) is 9.59 Å². The molecule has 0 radical (unpaired) electrons. The summed E-state index contributed by atoms with van der Waals surface area (Å²) < 4.78 is 5.27. The Hall–Kier alpha value is -2.86. The fraction of sp³-hybridized carbons (Fsp3) is 0.417. The van der Waals surface area contributed by atoms with Crippen molar-refractivity contribution in [1.82, 2.24) is 15.5 Å². The minimum absolute atomic E-state index is 0.0396. The molecule has 1 heterocycles. The number of piperidine rings is 1. The molecule has 1 aliphatic rings. The number of likely N-dealkylation sites (tertiary alicyclic amines) is 1. The monoisotopic (exact) mass is 409 g/mol. The van der Waals surface area contributed by atoms with Crippen molar-refractivity contribution in [2.75, 3.05) is 33.3 Å². The van der Waals surface area contributed by atoms with E-state index in [1.54, 1.807) is 13.2 Å². The van der Waals surface area contributed by atoms with E-state index >= 15 is 0 Å². The second-order valence-electron chi connectivity index (χ2n) is 7.74. The van der Waals surface area contributed by atoms with Crippen LogP contribution in [-0.2, 0) is 4.79 Å². The van der Waals surface area contributed by atoms with Crippen LogP contribution in [-0.4, -0.2) is 50.0 Å². The fourth-order valence-electron chi connectivity index (χ4n) is 3.84. The number of carbonyl (C=O) groups excluding carboxylic acids is 2. The molecule has 0 aromatic heterocycles. The van der Waals surface area contributed by atoms with Crippen LogP contribution in [0.5, 0.6) is 5.75 Å². The van der Waals surface area contributed by atoms with E-state index in [0.717, 1.165) is 30.0 Å². The average molecular weight is 410 g/mol. The molecule has 2 N–H and O–H groups in total. The van der Waals surface area contributed by atoms with Crippen molar-refractivity contribution >= 4 is 11.8 Å². The number of ether oxygens (including phenoxy) is 1. The number of hydrogen-bond donors (Lipinski definition) is 2. The molecule has 1 saturated heterocycles. The third-order valence-corrected chi connectivity index (χ3v) is 5.51. The average Bonchev–Trinajstić information content (AvgIpc) is 2.78. The molecule has 30 heavy (non-hydrogen) atoms. The van der Waals surface area contributed by atoms with Gasteiger partial charge in [0.25, 0.3) is 5.91 Å². The lowest BCUT2D eigenvalue weighted by Gasteiger charge is -2.35. The predicted octanol–water partition coefficient (Wildman–Crippen LogP) is 3.08. The van der Waals surface area contributed by atoms with Gasteiger partial charge in [-0.3, -0.25) is 14.5 Å². The van der Waals surface area contributed by atoms with Crippen LogP contribution in [0.1, 0.15) is 46.8 Å². The summed E-state index contributed by atoms with van der Waals surface area (Å²) in [7, 11) is 1.66. The van der Waals surface area contributed by atoms with Gasteiger partial charge in [-0.25, -0.2) is 0 Å². The van der Waals surface area contributed by atoms with E-state index in [0.29, 0.717) is 12.1 Å². The summed E-state index contributed by atoms with van der Waals surface area (Å²) in [6.45, 7) is 4.45. The molecule has 2 aromatic rings. The van der Waals surface area contributed by atoms with Gasteiger partial charge in [-0.2, -0.15) is 0 Å². The lowest BCUT2D eigenvalue weighted by Crippen LogP contribution is -2.43. The number of rotatable bonds is 8. The second-order valence-corrected chi connectivity index (χ2v) is 7.74. The molecule has 1 fully saturated rings. The first-order valence-electron chi connectivity index (χ1n) is 10.6. The smallest absolute Gasteiger partial charge is 0.251 e. The first-order valence-corrected chi connectivity index (χ1v) is 10.6. The maximum atomic E-state index is 12.4. The number of amides is 2. The SMILES string of the molecule is COc1ccc(C(CNC(=O)CNC(=O)c2cccc(C)c2)N2CCCCC2)cc1. The zero-order valence-electron chi connectivity index (χ0n) is 17.8. The highest BCUT2D eigenvalue weighted by molar-refractivity contribution is 5.96. The molecule has 1 atom stereocenters. The van der Waals surface area contributed by atoms with Crippen molar-refractivity contribution in [2.45, 2.75) is 32.2 Å². The maximum absolute atomic E-state index is 12.4. The van der Waals surface area contributed by atoms with Gasteiger partial charge in [-0.1, -0.05) is 36.2 Å². The minimum atomic E-state index is -0.239. The molecular weight excluding hydrogens is 378 g/mol. The topological polar surface area (TPSA) is 70.7 Å². The molecule has 0 saturated carbocycles. The summed E-state index contributed by atoms with van der Waals surface area (Å²) in [4.78, 5) is 27.1. The summed E-state index contributed by atoms with van der Waals surface area (Å²) in [6, 6.07) is 15.5. The fourth-order valence-corrected chi connectivity index (χ4v) is 3.84. The van der Waals surface area contributed by atoms with Crippen molar-refractivity contribution in [2.24, 2.45) is 0 Å². The third kappa shape index (κ3) is 6.07. The summed E-state index contributed by atoms with van der Waals surface area (Å²) in [6.07, 6.45) is 3.60. The van der Waals surface area contributed by atoms with E-state index in [1.165, 1.54) is 19.3 Å². The number of nitrogens with one attached hydrogen (secondary N) is 2. The summed E-state index contributed by atoms with van der Waals surface area (Å²) in [5.74, 6) is 0.391. The lowest BCUT2D eigenvalue weighted by atomic mass is 10.0. The van der Waals surface area contributed by atoms with Crippen LogP contribution in [0.25, 0.3) is 0 Å². The molecular formula is C24H31N3O3. The Morgan fingerprint density at radius 3 is 2.43 bits per heavy atom. The van der Waals surface area contributed by atoms with Crippen LogP contribution in [0.4, 0.5) is 0 Å². The zero-order valence-corrected chi connectivity index (χ0v) is 17.8. The highest BCUT2D eigenvalue weighted by atomic mass is 16.5. The van der Waals surface area contributed by atoms with Gasteiger partial charge in [0.1, 0.15) is 5.75 Å². The summed E-state index contributed by atoms with van der Waals surface area (Å²) in [5, 5.41) is 5.70. The highest BCUT2D eigenvalue weighted by Crippen LogP contribution is 2.25. The summed E-state index contributed by atoms with van der Waals surface area (Å²) in [5.41, 5.74) is 2.73. The van der Waals surface area contributed by atoms with Crippen LogP contribution in [0.3, 0.4) is 0 Å². The van der Waals surface area contributed by atoms with Crippen molar-refractivity contribution < 1.29 is 14.3 Å². The van der Waals surface area contributed by atoms with Crippen LogP contribution in [0.15, 0.2) is 48.5 Å². The van der Waals surface area contributed by atoms with Crippen molar-refractivity contribution in [3.8, 4) is 5.75 Å². The van der Waals surface area contributed by atoms with Crippen LogP contribution in [0.2, 0.25) is 0 Å². The molecule has 160 valence electrons. The summed E-state index contributed by atoms with van der Waals surface area (Å²) >= 11 is 0. The second kappa shape index (κ2) is 10.8. The molecule has 0 aliphatic carbocycles. The predicted molar refractivity (Wildman–Crippen MR) is 118 cm³/mol. The van der Waals surface area contributed by atoms with E-state index in [2.05, 4.69) is 27.7 Å². The number of carbonyl (C=O) groups is 2. The van der Waals surface area contributed by atoms with Gasteiger partial charge in [0.15, 0.2) is 0 Å². The Labute approximate surface area is 178 Å². The highest BCUT2D eigenvalue weighted by Gasteiger charge is 2.23. The number of methoxy groups -OCH3 is 1. The minimum Gasteiger partial charge on any atom is -0.497 e. The largest absolute Gasteiger partial charge is 0.497 e. The number of benzene rings is 2. The van der Waals surface area contributed by atoms with Gasteiger partial charge < -0.3 is 15.4 Å². The molecule has 2 amide bonds. The zero-order chi connectivity index (χ0) is 21.3. The Kier molecular flexibility index (Phi) is 7.85. The molecule has 3 rings (SSSR count). The quantitative estimate of drug-likeness (QED) is 0.703. The van der Waals surface area contributed by atoms with Crippen LogP contribution >= 0.6 is 0 Å². The van der Waals surface area contributed by atoms with Gasteiger partial charge in [0, 0.05) is 12.1 Å². The lowest BCUT2D eigenvalue weighted by molar-refractivity contribution is -0.120. The molecule has 2 aromatic carbocycles. The van der Waals surface area contributed by atoms with Gasteiger partial charge >= 0.3 is 0 Å². The van der Waals surface area contributed by atoms with Crippen molar-refractivity contribution in [3.63, 3.8) is 0 Å². The molecule has 1 unspecified atom stereocenters. The molecule has 0 spiro atoms. The maximum Gasteiger partial charge on any atom is 0.251 e. The number of hydrogen-bond acceptors (Lipinski definition) is 4. The Balaban J connectivity index is 1.57. The Morgan fingerprint density at radius 1 is 1.03 bits per heavy atom. The Bertz CT molecular complexity index is 845. The normalized spacial score (nSPS) is 15.3. The molecule has 1 aliphatic heterocycles. The number of nitrogens with zero attached hydrogens (tertiary/aromatic N) is 1. The van der Waals surface area contributed by atoms with Crippen LogP contribution < -0.4 is 15.4 Å². The third-order valence-electron chi connectivity index (χ3n) is 5.51. The molecule has 0 bridgehead atoms. The van der Waals surface area contributed by atoms with E-state index in [-0.39, 0.29) is 24.4 Å². The van der Waals surface area contributed by atoms with Gasteiger partial charge in [0.05, 0.1) is 19.7 Å². The van der Waals surface area contributed by atoms with Gasteiger partial charge in [-0.05, 0) is 62.7 Å². The van der Waals surface area contributed by atoms with E-state index in [1.807, 2.05) is 37.3 Å². The van der Waals surface area contributed by atoms with Gasteiger partial charge in [-0.15, -0.1) is 0 Å². The standard InChI is InChI=1S/C24H31N3O3/c1-18-7-6-8-20(15-18)24(29)26-17-23(28)25-16-22(27-13-4-3-5-14-27)19-9-11-21(30-2)12-10-19/h6-12,15,22H,3-5,13-14,16-17H2,1-2H3,(H,25,28)(H,26,29). The van der Waals surface area contributed by atoms with Gasteiger partial charge in [0.2, 0.25) is 5.91 Å². The Morgan fingerprint density at radius 2 is 1.77 bits per heavy atom. The molecule has 6 nitrogen and oxygen atoms in total. The van der Waals surface area contributed by atoms with Crippen LogP contribution in [0, 0.1) is 6.92 Å². The first kappa shape index (κ1) is 21.8. The first-order chi connectivity index (χ1) is 14.6. The number of aryl methyl sites for hydroxylation is 1. The van der Waals surface area contributed by atoms with E-state index < -0.39 is 0 Å². The van der Waals surface area contributed by atoms with E-state index in [4.69, 9.17) is 4.74 Å². The van der Waals surface area contributed by atoms with Crippen molar-refractivity contribution in [3.05, 3.63) is 65.2 Å². The van der Waals surface area contributed by atoms with Crippen molar-refractivity contribution in [1.29, 1.82) is 0 Å². The molecule has 6 heteroatoms.